The van der Waals surface area contributed by atoms with Gasteiger partial charge in [0.2, 0.25) is 19.7 Å². The summed E-state index contributed by atoms with van der Waals surface area (Å²) >= 11 is 0. The van der Waals surface area contributed by atoms with Crippen molar-refractivity contribution >= 4 is 47.3 Å². The SMILES string of the molecule is N#C[O-].NC(=O)NCc1cccc2cc(S(=O)(=O)c3ccccc3)ccc12.NCc1cccc2cc(S(=O)(=O)c3ccccc3)ccc12.[K+]. The summed E-state index contributed by atoms with van der Waals surface area (Å²) in [4.78, 5) is 12.0. The van der Waals surface area contributed by atoms with Crippen LogP contribution in [-0.2, 0) is 32.8 Å². The summed E-state index contributed by atoms with van der Waals surface area (Å²) in [6.45, 7) is 0.722. The van der Waals surface area contributed by atoms with E-state index in [4.69, 9.17) is 21.8 Å². The van der Waals surface area contributed by atoms with Crippen LogP contribution in [0.15, 0.2) is 153 Å². The van der Waals surface area contributed by atoms with Gasteiger partial charge in [0.1, 0.15) is 0 Å². The van der Waals surface area contributed by atoms with Crippen LogP contribution in [0.3, 0.4) is 0 Å². The number of nitrogens with one attached hydrogen (secondary N) is 1. The van der Waals surface area contributed by atoms with Crippen molar-refractivity contribution < 1.29 is 78.1 Å². The normalized spacial score (nSPS) is 10.7. The third-order valence-corrected chi connectivity index (χ3v) is 10.8. The van der Waals surface area contributed by atoms with Gasteiger partial charge in [0.05, 0.1) is 19.6 Å². The van der Waals surface area contributed by atoms with Gasteiger partial charge >= 0.3 is 57.4 Å². The Hall–Kier alpha value is -4.10. The Morgan fingerprint density at radius 1 is 0.633 bits per heavy atom. The summed E-state index contributed by atoms with van der Waals surface area (Å²) in [5.41, 5.74) is 12.7. The van der Waals surface area contributed by atoms with E-state index < -0.39 is 25.7 Å². The van der Waals surface area contributed by atoms with Gasteiger partial charge in [-0.1, -0.05) is 84.9 Å². The summed E-state index contributed by atoms with van der Waals surface area (Å²) in [5, 5.41) is 21.1. The first-order chi connectivity index (χ1) is 23.0. The second-order valence-electron chi connectivity index (χ2n) is 10.2. The molecule has 49 heavy (non-hydrogen) atoms. The molecule has 2 amide bonds. The Labute approximate surface area is 327 Å². The number of benzene rings is 6. The van der Waals surface area contributed by atoms with E-state index in [0.29, 0.717) is 22.6 Å². The van der Waals surface area contributed by atoms with Gasteiger partial charge in [-0.25, -0.2) is 26.9 Å². The van der Waals surface area contributed by atoms with Crippen LogP contribution in [-0.4, -0.2) is 22.9 Å². The minimum absolute atomic E-state index is 0. The molecule has 0 unspecified atom stereocenters. The Bertz CT molecular complexity index is 2320. The quantitative estimate of drug-likeness (QED) is 0.164. The van der Waals surface area contributed by atoms with Crippen LogP contribution in [0.2, 0.25) is 0 Å². The average molecular weight is 719 g/mol. The van der Waals surface area contributed by atoms with Crippen LogP contribution >= 0.6 is 0 Å². The van der Waals surface area contributed by atoms with E-state index in [1.54, 1.807) is 91.0 Å². The molecule has 0 aliphatic carbocycles. The summed E-state index contributed by atoms with van der Waals surface area (Å²) in [6.07, 6.45) is 0.500. The predicted molar refractivity (Wildman–Crippen MR) is 182 cm³/mol. The van der Waals surface area contributed by atoms with Crippen LogP contribution in [0.25, 0.3) is 21.5 Å². The van der Waals surface area contributed by atoms with Crippen LogP contribution in [0, 0.1) is 11.5 Å². The molecule has 0 spiro atoms. The number of rotatable bonds is 7. The molecule has 244 valence electrons. The molecule has 0 saturated heterocycles. The number of fused-ring (bicyclic) bond motifs is 2. The van der Waals surface area contributed by atoms with Gasteiger partial charge in [-0.2, -0.15) is 0 Å². The van der Waals surface area contributed by atoms with Gasteiger partial charge in [0.15, 0.2) is 0 Å². The van der Waals surface area contributed by atoms with E-state index in [0.717, 1.165) is 32.7 Å². The number of primary amides is 1. The molecule has 0 aliphatic rings. The van der Waals surface area contributed by atoms with Gasteiger partial charge in [-0.3, -0.25) is 0 Å². The number of nitrogens with zero attached hydrogens (tertiary/aromatic N) is 1. The maximum absolute atomic E-state index is 12.7. The van der Waals surface area contributed by atoms with Gasteiger partial charge in [-0.15, -0.1) is 0 Å². The van der Waals surface area contributed by atoms with E-state index >= 15 is 0 Å². The molecule has 0 aliphatic heterocycles. The zero-order valence-electron chi connectivity index (χ0n) is 26.5. The van der Waals surface area contributed by atoms with Gasteiger partial charge in [-0.05, 0) is 81.2 Å². The molecule has 0 bridgehead atoms. The first-order valence-corrected chi connectivity index (χ1v) is 17.4. The van der Waals surface area contributed by atoms with E-state index in [1.807, 2.05) is 42.5 Å². The van der Waals surface area contributed by atoms with E-state index in [2.05, 4.69) is 5.32 Å². The Morgan fingerprint density at radius 2 is 1.04 bits per heavy atom. The van der Waals surface area contributed by atoms with E-state index in [9.17, 15) is 21.6 Å². The molecule has 6 aromatic rings. The maximum Gasteiger partial charge on any atom is 1.00 e. The molecule has 13 heteroatoms. The number of amides is 2. The Balaban J connectivity index is 0.000000243. The minimum atomic E-state index is -3.56. The van der Waals surface area contributed by atoms with E-state index in [-0.39, 0.29) is 67.7 Å². The topological polar surface area (TPSA) is 196 Å². The molecule has 10 nitrogen and oxygen atoms in total. The molecule has 0 aromatic heterocycles. The molecule has 6 aromatic carbocycles. The zero-order valence-corrected chi connectivity index (χ0v) is 31.2. The number of nitrogens with two attached hydrogens (primary N) is 2. The first kappa shape index (κ1) is 39.3. The zero-order chi connectivity index (χ0) is 34.7. The minimum Gasteiger partial charge on any atom is -0.812 e. The molecular formula is C36H31KN4O6S2. The molecule has 0 heterocycles. The molecule has 6 rings (SSSR count). The average Bonchev–Trinajstić information content (AvgIpc) is 3.11. The fourth-order valence-corrected chi connectivity index (χ4v) is 7.61. The smallest absolute Gasteiger partial charge is 0.812 e. The fraction of sp³-hybridized carbons (Fsp3) is 0.0556. The third kappa shape index (κ3) is 9.75. The number of hydrogen-bond acceptors (Lipinski definition) is 8. The first-order valence-electron chi connectivity index (χ1n) is 14.4. The van der Waals surface area contributed by atoms with Crippen LogP contribution < -0.4 is 73.3 Å². The van der Waals surface area contributed by atoms with E-state index in [1.165, 1.54) is 0 Å². The largest absolute Gasteiger partial charge is 1.00 e. The monoisotopic (exact) mass is 718 g/mol. The summed E-state index contributed by atoms with van der Waals surface area (Å²) < 4.78 is 50.6. The molecule has 0 fully saturated rings. The number of urea groups is 1. The second-order valence-corrected chi connectivity index (χ2v) is 14.1. The third-order valence-electron chi connectivity index (χ3n) is 7.28. The summed E-state index contributed by atoms with van der Waals surface area (Å²) in [5.74, 6) is 0. The van der Waals surface area contributed by atoms with Crippen molar-refractivity contribution in [3.05, 3.63) is 145 Å². The molecule has 5 N–H and O–H groups in total. The van der Waals surface area contributed by atoms with Crippen molar-refractivity contribution in [2.75, 3.05) is 0 Å². The molecule has 0 saturated carbocycles. The van der Waals surface area contributed by atoms with Crippen molar-refractivity contribution in [1.82, 2.24) is 5.32 Å². The predicted octanol–water partition coefficient (Wildman–Crippen LogP) is 1.80. The Morgan fingerprint density at radius 3 is 1.45 bits per heavy atom. The number of nitriles is 1. The number of sulfone groups is 2. The van der Waals surface area contributed by atoms with Crippen molar-refractivity contribution in [2.24, 2.45) is 11.5 Å². The van der Waals surface area contributed by atoms with Crippen molar-refractivity contribution in [3.8, 4) is 6.26 Å². The van der Waals surface area contributed by atoms with Crippen LogP contribution in [0.5, 0.6) is 0 Å². The standard InChI is InChI=1S/C18H16N2O3S.C17H15NO2S.CHNO.K/c19-18(21)20-12-14-6-4-5-13-11-16(9-10-17(13)14)24(22,23)15-7-2-1-3-8-15;18-12-14-6-4-5-13-11-16(9-10-17(13)14)21(19,20)15-7-2-1-3-8-15;2-1-3;/h1-11H,12H2,(H3,19,20,21);1-11H,12,18H2;3H;/q;;;+1/p-1. The molecule has 0 atom stereocenters. The molecule has 0 radical (unpaired) electrons. The second kappa shape index (κ2) is 18.0. The van der Waals surface area contributed by atoms with Gasteiger partial charge < -0.3 is 21.9 Å². The number of carbonyl (C=O) groups excluding carboxylic acids is 1. The van der Waals surface area contributed by atoms with Crippen molar-refractivity contribution in [2.45, 2.75) is 32.7 Å². The Kier molecular flexibility index (Phi) is 14.5. The summed E-state index contributed by atoms with van der Waals surface area (Å²) in [7, 11) is -7.04. The van der Waals surface area contributed by atoms with Gasteiger partial charge in [0.25, 0.3) is 0 Å². The molecular weight excluding hydrogens is 688 g/mol. The number of hydrogen-bond donors (Lipinski definition) is 3. The van der Waals surface area contributed by atoms with Crippen LogP contribution in [0.1, 0.15) is 11.1 Å². The van der Waals surface area contributed by atoms with Crippen LogP contribution in [0.4, 0.5) is 4.79 Å². The fourth-order valence-electron chi connectivity index (χ4n) is 4.98. The van der Waals surface area contributed by atoms with Crippen molar-refractivity contribution in [3.63, 3.8) is 0 Å². The summed E-state index contributed by atoms with van der Waals surface area (Å²) in [6, 6.07) is 37.6. The van der Waals surface area contributed by atoms with Gasteiger partial charge in [0, 0.05) is 19.3 Å². The number of carbonyl (C=O) groups is 1. The maximum atomic E-state index is 12.7. The van der Waals surface area contributed by atoms with Crippen molar-refractivity contribution in [1.29, 1.82) is 5.26 Å².